The SMILES string of the molecule is Cc1ccc(C(=O)Nc2cccc(C=C3SC(=Nc4ccccc4C)NC3=O)c2)cc1. The van der Waals surface area contributed by atoms with Crippen molar-refractivity contribution in [2.24, 2.45) is 4.99 Å². The zero-order valence-electron chi connectivity index (χ0n) is 17.2. The Kier molecular flexibility index (Phi) is 6.00. The molecule has 2 N–H and O–H groups in total. The largest absolute Gasteiger partial charge is 0.322 e. The first-order valence-electron chi connectivity index (χ1n) is 9.81. The number of hydrogen-bond acceptors (Lipinski definition) is 4. The summed E-state index contributed by atoms with van der Waals surface area (Å²) >= 11 is 1.30. The van der Waals surface area contributed by atoms with Crippen molar-refractivity contribution in [1.29, 1.82) is 0 Å². The molecule has 1 fully saturated rings. The standard InChI is InChI=1S/C25H21N3O2S/c1-16-10-12-19(13-11-16)23(29)26-20-8-5-7-18(14-20)15-22-24(30)28-25(31-22)27-21-9-4-3-6-17(21)2/h3-15H,1-2H3,(H,26,29)(H,27,28,30). The second kappa shape index (κ2) is 9.02. The fraction of sp³-hybridized carbons (Fsp3) is 0.0800. The second-order valence-corrected chi connectivity index (χ2v) is 8.24. The summed E-state index contributed by atoms with van der Waals surface area (Å²) < 4.78 is 0. The Hall–Kier alpha value is -3.64. The third-order valence-electron chi connectivity index (χ3n) is 4.74. The van der Waals surface area contributed by atoms with Crippen LogP contribution in [0, 0.1) is 13.8 Å². The second-order valence-electron chi connectivity index (χ2n) is 7.21. The Morgan fingerprint density at radius 3 is 2.55 bits per heavy atom. The average Bonchev–Trinajstić information content (AvgIpc) is 3.09. The maximum absolute atomic E-state index is 12.5. The van der Waals surface area contributed by atoms with E-state index in [2.05, 4.69) is 15.6 Å². The average molecular weight is 428 g/mol. The molecule has 1 aliphatic rings. The normalized spacial score (nSPS) is 15.9. The summed E-state index contributed by atoms with van der Waals surface area (Å²) in [6.45, 7) is 3.96. The van der Waals surface area contributed by atoms with Crippen LogP contribution >= 0.6 is 11.8 Å². The number of hydrogen-bond donors (Lipinski definition) is 2. The van der Waals surface area contributed by atoms with Gasteiger partial charge in [0.2, 0.25) is 0 Å². The van der Waals surface area contributed by atoms with E-state index in [4.69, 9.17) is 0 Å². The molecule has 0 saturated carbocycles. The number of para-hydroxylation sites is 1. The van der Waals surface area contributed by atoms with E-state index in [1.165, 1.54) is 11.8 Å². The van der Waals surface area contributed by atoms with Crippen molar-refractivity contribution in [2.75, 3.05) is 5.32 Å². The van der Waals surface area contributed by atoms with Gasteiger partial charge in [0, 0.05) is 11.3 Å². The predicted octanol–water partition coefficient (Wildman–Crippen LogP) is 5.45. The van der Waals surface area contributed by atoms with Gasteiger partial charge in [-0.1, -0.05) is 48.0 Å². The number of anilines is 1. The third-order valence-corrected chi connectivity index (χ3v) is 5.65. The van der Waals surface area contributed by atoms with Crippen molar-refractivity contribution in [1.82, 2.24) is 5.32 Å². The van der Waals surface area contributed by atoms with Gasteiger partial charge in [-0.2, -0.15) is 0 Å². The van der Waals surface area contributed by atoms with Gasteiger partial charge in [-0.15, -0.1) is 0 Å². The molecule has 0 radical (unpaired) electrons. The van der Waals surface area contributed by atoms with E-state index in [1.807, 2.05) is 74.5 Å². The van der Waals surface area contributed by atoms with Gasteiger partial charge in [0.25, 0.3) is 11.8 Å². The molecular weight excluding hydrogens is 406 g/mol. The van der Waals surface area contributed by atoms with E-state index in [1.54, 1.807) is 18.2 Å². The molecule has 0 aliphatic carbocycles. The molecule has 0 spiro atoms. The summed E-state index contributed by atoms with van der Waals surface area (Å²) in [5.74, 6) is -0.364. The topological polar surface area (TPSA) is 70.6 Å². The predicted molar refractivity (Wildman–Crippen MR) is 128 cm³/mol. The highest BCUT2D eigenvalue weighted by Gasteiger charge is 2.24. The molecule has 0 bridgehead atoms. The molecule has 3 aromatic carbocycles. The summed E-state index contributed by atoms with van der Waals surface area (Å²) in [5, 5.41) is 6.26. The fourth-order valence-corrected chi connectivity index (χ4v) is 3.88. The van der Waals surface area contributed by atoms with Crippen molar-refractivity contribution < 1.29 is 9.59 Å². The van der Waals surface area contributed by atoms with Gasteiger partial charge in [0.05, 0.1) is 10.6 Å². The van der Waals surface area contributed by atoms with Gasteiger partial charge in [0.15, 0.2) is 5.17 Å². The van der Waals surface area contributed by atoms with E-state index < -0.39 is 0 Å². The molecule has 1 saturated heterocycles. The maximum atomic E-state index is 12.5. The van der Waals surface area contributed by atoms with E-state index in [-0.39, 0.29) is 11.8 Å². The molecule has 3 aromatic rings. The minimum absolute atomic E-state index is 0.176. The van der Waals surface area contributed by atoms with Gasteiger partial charge >= 0.3 is 0 Å². The molecule has 1 heterocycles. The van der Waals surface area contributed by atoms with Crippen molar-refractivity contribution in [3.8, 4) is 0 Å². The number of amidine groups is 1. The van der Waals surface area contributed by atoms with E-state index in [9.17, 15) is 9.59 Å². The molecule has 0 unspecified atom stereocenters. The lowest BCUT2D eigenvalue weighted by molar-refractivity contribution is -0.115. The molecule has 5 nitrogen and oxygen atoms in total. The Balaban J connectivity index is 1.50. The van der Waals surface area contributed by atoms with Crippen molar-refractivity contribution in [3.63, 3.8) is 0 Å². The number of thioether (sulfide) groups is 1. The number of nitrogens with one attached hydrogen (secondary N) is 2. The van der Waals surface area contributed by atoms with Gasteiger partial charge < -0.3 is 10.6 Å². The van der Waals surface area contributed by atoms with Crippen LogP contribution in [-0.4, -0.2) is 17.0 Å². The van der Waals surface area contributed by atoms with Crippen LogP contribution in [-0.2, 0) is 4.79 Å². The number of amides is 2. The summed E-state index contributed by atoms with van der Waals surface area (Å²) in [6, 6.07) is 22.6. The van der Waals surface area contributed by atoms with Gasteiger partial charge in [-0.3, -0.25) is 9.59 Å². The molecule has 154 valence electrons. The number of nitrogens with zero attached hydrogens (tertiary/aromatic N) is 1. The summed E-state index contributed by atoms with van der Waals surface area (Å²) in [7, 11) is 0. The molecular formula is C25H21N3O2S. The van der Waals surface area contributed by atoms with E-state index in [0.717, 1.165) is 22.4 Å². The minimum atomic E-state index is -0.188. The first-order chi connectivity index (χ1) is 15.0. The molecule has 1 aliphatic heterocycles. The van der Waals surface area contributed by atoms with Crippen LogP contribution in [0.3, 0.4) is 0 Å². The first-order valence-corrected chi connectivity index (χ1v) is 10.6. The molecule has 6 heteroatoms. The number of carbonyl (C=O) groups is 2. The van der Waals surface area contributed by atoms with Gasteiger partial charge in [-0.25, -0.2) is 4.99 Å². The first kappa shape index (κ1) is 20.6. The van der Waals surface area contributed by atoms with Crippen LogP contribution in [0.1, 0.15) is 27.0 Å². The highest BCUT2D eigenvalue weighted by Crippen LogP contribution is 2.29. The minimum Gasteiger partial charge on any atom is -0.322 e. The lowest BCUT2D eigenvalue weighted by Gasteiger charge is -2.06. The van der Waals surface area contributed by atoms with E-state index >= 15 is 0 Å². The summed E-state index contributed by atoms with van der Waals surface area (Å²) in [5.41, 5.74) is 5.04. The lowest BCUT2D eigenvalue weighted by Crippen LogP contribution is -2.19. The number of aryl methyl sites for hydroxylation is 2. The van der Waals surface area contributed by atoms with Crippen LogP contribution in [0.25, 0.3) is 6.08 Å². The Morgan fingerprint density at radius 1 is 1.00 bits per heavy atom. The van der Waals surface area contributed by atoms with Gasteiger partial charge in [-0.05, 0) is 73.1 Å². The number of benzene rings is 3. The van der Waals surface area contributed by atoms with Crippen LogP contribution in [0.2, 0.25) is 0 Å². The highest BCUT2D eigenvalue weighted by atomic mass is 32.2. The number of aliphatic imine (C=N–C) groups is 1. The summed E-state index contributed by atoms with van der Waals surface area (Å²) in [6.07, 6.45) is 1.79. The van der Waals surface area contributed by atoms with Crippen molar-refractivity contribution >= 4 is 46.2 Å². The molecule has 0 aromatic heterocycles. The fourth-order valence-electron chi connectivity index (χ4n) is 3.04. The van der Waals surface area contributed by atoms with Gasteiger partial charge in [0.1, 0.15) is 0 Å². The number of rotatable bonds is 4. The van der Waals surface area contributed by atoms with E-state index in [0.29, 0.717) is 21.3 Å². The Bertz CT molecular complexity index is 1210. The van der Waals surface area contributed by atoms with Crippen LogP contribution in [0.4, 0.5) is 11.4 Å². The highest BCUT2D eigenvalue weighted by molar-refractivity contribution is 8.18. The quantitative estimate of drug-likeness (QED) is 0.544. The Labute approximate surface area is 185 Å². The molecule has 4 rings (SSSR count). The summed E-state index contributed by atoms with van der Waals surface area (Å²) in [4.78, 5) is 30.0. The Morgan fingerprint density at radius 2 is 1.77 bits per heavy atom. The maximum Gasteiger partial charge on any atom is 0.264 e. The molecule has 2 amide bonds. The lowest BCUT2D eigenvalue weighted by atomic mass is 10.1. The van der Waals surface area contributed by atoms with Crippen molar-refractivity contribution in [3.05, 3.63) is 100.0 Å². The smallest absolute Gasteiger partial charge is 0.264 e. The van der Waals surface area contributed by atoms with Crippen LogP contribution in [0.15, 0.2) is 82.7 Å². The molecule has 0 atom stereocenters. The van der Waals surface area contributed by atoms with Crippen LogP contribution < -0.4 is 10.6 Å². The molecule has 31 heavy (non-hydrogen) atoms. The monoisotopic (exact) mass is 427 g/mol. The number of carbonyl (C=O) groups excluding carboxylic acids is 2. The van der Waals surface area contributed by atoms with Crippen molar-refractivity contribution in [2.45, 2.75) is 13.8 Å². The van der Waals surface area contributed by atoms with Crippen LogP contribution in [0.5, 0.6) is 0 Å². The zero-order valence-corrected chi connectivity index (χ0v) is 18.0. The zero-order chi connectivity index (χ0) is 21.8. The third kappa shape index (κ3) is 5.10.